The van der Waals surface area contributed by atoms with Gasteiger partial charge in [0, 0.05) is 13.1 Å². The summed E-state index contributed by atoms with van der Waals surface area (Å²) in [5.74, 6) is 0.384. The van der Waals surface area contributed by atoms with Crippen molar-refractivity contribution in [2.75, 3.05) is 26.8 Å². The first-order valence-electron chi connectivity index (χ1n) is 6.75. The monoisotopic (exact) mass is 277 g/mol. The average Bonchev–Trinajstić information content (AvgIpc) is 3.00. The quantitative estimate of drug-likeness (QED) is 0.763. The van der Waals surface area contributed by atoms with Crippen LogP contribution in [-0.4, -0.2) is 43.6 Å². The lowest BCUT2D eigenvalue weighted by molar-refractivity contribution is -0.139. The Morgan fingerprint density at radius 1 is 1.15 bits per heavy atom. The zero-order valence-corrected chi connectivity index (χ0v) is 11.6. The topological polar surface area (TPSA) is 55.8 Å². The van der Waals surface area contributed by atoms with E-state index >= 15 is 0 Å². The number of methoxy groups -OCH3 is 1. The summed E-state index contributed by atoms with van der Waals surface area (Å²) in [7, 11) is 1.36. The van der Waals surface area contributed by atoms with E-state index in [9.17, 15) is 9.59 Å². The van der Waals surface area contributed by atoms with E-state index in [1.165, 1.54) is 7.11 Å². The van der Waals surface area contributed by atoms with Gasteiger partial charge in [-0.05, 0) is 30.5 Å². The SMILES string of the molecule is COC(=O)Cc1ccc(OCC(=O)N2CCCC2)cc1. The molecule has 1 aromatic carbocycles. The molecular weight excluding hydrogens is 258 g/mol. The van der Waals surface area contributed by atoms with Gasteiger partial charge in [-0.2, -0.15) is 0 Å². The molecule has 2 rings (SSSR count). The number of carbonyl (C=O) groups is 2. The molecule has 1 amide bonds. The molecule has 0 saturated carbocycles. The van der Waals surface area contributed by atoms with Crippen molar-refractivity contribution in [3.63, 3.8) is 0 Å². The number of esters is 1. The molecule has 1 heterocycles. The van der Waals surface area contributed by atoms with Crippen LogP contribution in [-0.2, 0) is 20.7 Å². The number of carbonyl (C=O) groups excluding carboxylic acids is 2. The molecule has 0 aliphatic carbocycles. The molecule has 1 saturated heterocycles. The van der Waals surface area contributed by atoms with Crippen molar-refractivity contribution < 1.29 is 19.1 Å². The highest BCUT2D eigenvalue weighted by Crippen LogP contribution is 2.14. The van der Waals surface area contributed by atoms with Gasteiger partial charge in [-0.15, -0.1) is 0 Å². The number of hydrogen-bond acceptors (Lipinski definition) is 4. The first-order valence-corrected chi connectivity index (χ1v) is 6.75. The Kier molecular flexibility index (Phi) is 4.98. The van der Waals surface area contributed by atoms with E-state index in [1.807, 2.05) is 4.90 Å². The Bertz CT molecular complexity index is 463. The van der Waals surface area contributed by atoms with Crippen LogP contribution in [0.3, 0.4) is 0 Å². The molecule has 1 fully saturated rings. The largest absolute Gasteiger partial charge is 0.484 e. The number of likely N-dealkylation sites (tertiary alicyclic amines) is 1. The van der Waals surface area contributed by atoms with Gasteiger partial charge in [0.1, 0.15) is 5.75 Å². The van der Waals surface area contributed by atoms with E-state index in [4.69, 9.17) is 4.74 Å². The average molecular weight is 277 g/mol. The van der Waals surface area contributed by atoms with Crippen molar-refractivity contribution >= 4 is 11.9 Å². The van der Waals surface area contributed by atoms with E-state index in [2.05, 4.69) is 4.74 Å². The van der Waals surface area contributed by atoms with Crippen LogP contribution in [0.15, 0.2) is 24.3 Å². The molecule has 1 aromatic rings. The standard InChI is InChI=1S/C15H19NO4/c1-19-15(18)10-12-4-6-13(7-5-12)20-11-14(17)16-8-2-3-9-16/h4-7H,2-3,8-11H2,1H3. The summed E-state index contributed by atoms with van der Waals surface area (Å²) in [5, 5.41) is 0. The molecule has 0 N–H and O–H groups in total. The van der Waals surface area contributed by atoms with Gasteiger partial charge in [0.25, 0.3) is 5.91 Å². The number of benzene rings is 1. The predicted molar refractivity (Wildman–Crippen MR) is 73.5 cm³/mol. The molecule has 1 aliphatic heterocycles. The molecule has 0 aromatic heterocycles. The second-order valence-electron chi connectivity index (χ2n) is 4.77. The third-order valence-corrected chi connectivity index (χ3v) is 3.32. The molecule has 5 nitrogen and oxygen atoms in total. The van der Waals surface area contributed by atoms with E-state index in [-0.39, 0.29) is 24.9 Å². The van der Waals surface area contributed by atoms with Gasteiger partial charge in [0.05, 0.1) is 13.5 Å². The lowest BCUT2D eigenvalue weighted by atomic mass is 10.1. The zero-order chi connectivity index (χ0) is 14.4. The summed E-state index contributed by atoms with van der Waals surface area (Å²) in [6.45, 7) is 1.73. The van der Waals surface area contributed by atoms with E-state index in [1.54, 1.807) is 24.3 Å². The second kappa shape index (κ2) is 6.93. The van der Waals surface area contributed by atoms with Crippen molar-refractivity contribution in [1.82, 2.24) is 4.90 Å². The molecule has 20 heavy (non-hydrogen) atoms. The molecule has 1 aliphatic rings. The molecule has 0 spiro atoms. The number of hydrogen-bond donors (Lipinski definition) is 0. The van der Waals surface area contributed by atoms with Crippen molar-refractivity contribution in [3.8, 4) is 5.75 Å². The first-order chi connectivity index (χ1) is 9.69. The minimum Gasteiger partial charge on any atom is -0.484 e. The predicted octanol–water partition coefficient (Wildman–Crippen LogP) is 1.40. The van der Waals surface area contributed by atoms with E-state index in [0.717, 1.165) is 31.5 Å². The first kappa shape index (κ1) is 14.4. The van der Waals surface area contributed by atoms with E-state index < -0.39 is 0 Å². The fourth-order valence-electron chi connectivity index (χ4n) is 2.15. The smallest absolute Gasteiger partial charge is 0.309 e. The number of rotatable bonds is 5. The molecule has 0 atom stereocenters. The second-order valence-corrected chi connectivity index (χ2v) is 4.77. The van der Waals surface area contributed by atoms with Crippen LogP contribution in [0.25, 0.3) is 0 Å². The summed E-state index contributed by atoms with van der Waals surface area (Å²) < 4.78 is 10.1. The molecule has 0 bridgehead atoms. The Morgan fingerprint density at radius 2 is 1.80 bits per heavy atom. The lowest BCUT2D eigenvalue weighted by Crippen LogP contribution is -2.32. The Morgan fingerprint density at radius 3 is 2.40 bits per heavy atom. The Labute approximate surface area is 118 Å². The van der Waals surface area contributed by atoms with Gasteiger partial charge in [-0.3, -0.25) is 9.59 Å². The highest BCUT2D eigenvalue weighted by atomic mass is 16.5. The summed E-state index contributed by atoms with van der Waals surface area (Å²) in [4.78, 5) is 24.8. The summed E-state index contributed by atoms with van der Waals surface area (Å²) in [6.07, 6.45) is 2.39. The Hall–Kier alpha value is -2.04. The van der Waals surface area contributed by atoms with Gasteiger partial charge in [0.15, 0.2) is 6.61 Å². The number of amides is 1. The molecule has 0 radical (unpaired) electrons. The van der Waals surface area contributed by atoms with Crippen LogP contribution < -0.4 is 4.74 Å². The number of ether oxygens (including phenoxy) is 2. The van der Waals surface area contributed by atoms with Crippen molar-refractivity contribution in [2.24, 2.45) is 0 Å². The summed E-state index contributed by atoms with van der Waals surface area (Å²) >= 11 is 0. The van der Waals surface area contributed by atoms with Gasteiger partial charge in [0.2, 0.25) is 0 Å². The highest BCUT2D eigenvalue weighted by molar-refractivity contribution is 5.78. The summed E-state index contributed by atoms with van der Waals surface area (Å²) in [5.41, 5.74) is 0.857. The van der Waals surface area contributed by atoms with Crippen molar-refractivity contribution in [1.29, 1.82) is 0 Å². The Balaban J connectivity index is 1.81. The third kappa shape index (κ3) is 3.98. The van der Waals surface area contributed by atoms with Crippen molar-refractivity contribution in [2.45, 2.75) is 19.3 Å². The molecule has 0 unspecified atom stereocenters. The maximum Gasteiger partial charge on any atom is 0.309 e. The zero-order valence-electron chi connectivity index (χ0n) is 11.6. The van der Waals surface area contributed by atoms with Crippen LogP contribution in [0.2, 0.25) is 0 Å². The van der Waals surface area contributed by atoms with Gasteiger partial charge < -0.3 is 14.4 Å². The fraction of sp³-hybridized carbons (Fsp3) is 0.467. The van der Waals surface area contributed by atoms with Crippen LogP contribution in [0.4, 0.5) is 0 Å². The minimum atomic E-state index is -0.275. The minimum absolute atomic E-state index is 0.0288. The highest BCUT2D eigenvalue weighted by Gasteiger charge is 2.17. The summed E-state index contributed by atoms with van der Waals surface area (Å²) in [6, 6.07) is 7.12. The van der Waals surface area contributed by atoms with E-state index in [0.29, 0.717) is 5.75 Å². The maximum absolute atomic E-state index is 11.8. The number of nitrogens with zero attached hydrogens (tertiary/aromatic N) is 1. The molecular formula is C15H19NO4. The van der Waals surface area contributed by atoms with Crippen LogP contribution >= 0.6 is 0 Å². The van der Waals surface area contributed by atoms with Crippen LogP contribution in [0.5, 0.6) is 5.75 Å². The van der Waals surface area contributed by atoms with Gasteiger partial charge in [-0.1, -0.05) is 12.1 Å². The van der Waals surface area contributed by atoms with Crippen molar-refractivity contribution in [3.05, 3.63) is 29.8 Å². The third-order valence-electron chi connectivity index (χ3n) is 3.32. The normalized spacial score (nSPS) is 14.2. The maximum atomic E-state index is 11.8. The van der Waals surface area contributed by atoms with Gasteiger partial charge >= 0.3 is 5.97 Å². The lowest BCUT2D eigenvalue weighted by Gasteiger charge is -2.15. The van der Waals surface area contributed by atoms with Crippen LogP contribution in [0.1, 0.15) is 18.4 Å². The molecule has 5 heteroatoms. The van der Waals surface area contributed by atoms with Crippen LogP contribution in [0, 0.1) is 0 Å². The fourth-order valence-corrected chi connectivity index (χ4v) is 2.15. The van der Waals surface area contributed by atoms with Gasteiger partial charge in [-0.25, -0.2) is 0 Å². The molecule has 108 valence electrons.